The molecular formula is C10H14OS. The standard InChI is InChI=1S/C10H14OS/c1-2-9-3-4-10(11-9)8-5-6-12-7-8/h5-7,9-10H,2-4H2,1H3. The molecular weight excluding hydrogens is 168 g/mol. The molecule has 0 saturated carbocycles. The summed E-state index contributed by atoms with van der Waals surface area (Å²) in [5.41, 5.74) is 1.37. The number of hydrogen-bond donors (Lipinski definition) is 0. The first-order chi connectivity index (χ1) is 5.90. The Morgan fingerprint density at radius 3 is 3.08 bits per heavy atom. The van der Waals surface area contributed by atoms with Crippen LogP contribution in [0.5, 0.6) is 0 Å². The van der Waals surface area contributed by atoms with Crippen LogP contribution in [0.2, 0.25) is 0 Å². The summed E-state index contributed by atoms with van der Waals surface area (Å²) in [5, 5.41) is 4.32. The Morgan fingerprint density at radius 1 is 1.58 bits per heavy atom. The Morgan fingerprint density at radius 2 is 2.50 bits per heavy atom. The summed E-state index contributed by atoms with van der Waals surface area (Å²) < 4.78 is 5.86. The van der Waals surface area contributed by atoms with Crippen LogP contribution in [0.3, 0.4) is 0 Å². The van der Waals surface area contributed by atoms with Crippen molar-refractivity contribution in [2.75, 3.05) is 0 Å². The second kappa shape index (κ2) is 3.58. The summed E-state index contributed by atoms with van der Waals surface area (Å²) in [5.74, 6) is 0. The average Bonchev–Trinajstić information content (AvgIpc) is 2.75. The summed E-state index contributed by atoms with van der Waals surface area (Å²) >= 11 is 1.76. The van der Waals surface area contributed by atoms with Gasteiger partial charge in [0.25, 0.3) is 0 Å². The van der Waals surface area contributed by atoms with E-state index in [1.165, 1.54) is 18.4 Å². The van der Waals surface area contributed by atoms with Crippen LogP contribution in [0, 0.1) is 0 Å². The molecule has 1 nitrogen and oxygen atoms in total. The lowest BCUT2D eigenvalue weighted by atomic mass is 10.1. The monoisotopic (exact) mass is 182 g/mol. The van der Waals surface area contributed by atoms with E-state index in [0.29, 0.717) is 12.2 Å². The van der Waals surface area contributed by atoms with Crippen molar-refractivity contribution < 1.29 is 4.74 Å². The van der Waals surface area contributed by atoms with E-state index in [0.717, 1.165) is 6.42 Å². The van der Waals surface area contributed by atoms with Crippen LogP contribution in [0.25, 0.3) is 0 Å². The predicted octanol–water partition coefficient (Wildman–Crippen LogP) is 3.38. The summed E-state index contributed by atoms with van der Waals surface area (Å²) in [7, 11) is 0. The largest absolute Gasteiger partial charge is 0.370 e. The van der Waals surface area contributed by atoms with Crippen LogP contribution in [-0.4, -0.2) is 6.10 Å². The van der Waals surface area contributed by atoms with Crippen molar-refractivity contribution >= 4 is 11.3 Å². The van der Waals surface area contributed by atoms with E-state index < -0.39 is 0 Å². The molecule has 2 unspecified atom stereocenters. The quantitative estimate of drug-likeness (QED) is 0.681. The summed E-state index contributed by atoms with van der Waals surface area (Å²) in [6, 6.07) is 2.17. The van der Waals surface area contributed by atoms with Gasteiger partial charge in [0.1, 0.15) is 0 Å². The molecule has 2 heterocycles. The predicted molar refractivity (Wildman–Crippen MR) is 51.5 cm³/mol. The molecule has 1 saturated heterocycles. The Bertz CT molecular complexity index is 230. The first kappa shape index (κ1) is 8.27. The number of thiophene rings is 1. The highest BCUT2D eigenvalue weighted by Crippen LogP contribution is 2.34. The zero-order chi connectivity index (χ0) is 8.39. The van der Waals surface area contributed by atoms with Gasteiger partial charge in [-0.3, -0.25) is 0 Å². The van der Waals surface area contributed by atoms with Gasteiger partial charge in [-0.2, -0.15) is 11.3 Å². The molecule has 0 N–H and O–H groups in total. The fourth-order valence-corrected chi connectivity index (χ4v) is 2.41. The lowest BCUT2D eigenvalue weighted by Crippen LogP contribution is -2.03. The van der Waals surface area contributed by atoms with Gasteiger partial charge in [-0.1, -0.05) is 6.92 Å². The highest BCUT2D eigenvalue weighted by molar-refractivity contribution is 7.07. The van der Waals surface area contributed by atoms with E-state index in [2.05, 4.69) is 23.8 Å². The molecule has 0 aliphatic carbocycles. The molecule has 1 aliphatic heterocycles. The van der Waals surface area contributed by atoms with E-state index in [9.17, 15) is 0 Å². The van der Waals surface area contributed by atoms with Crippen molar-refractivity contribution in [1.29, 1.82) is 0 Å². The maximum Gasteiger partial charge on any atom is 0.0837 e. The molecule has 2 atom stereocenters. The van der Waals surface area contributed by atoms with Crippen molar-refractivity contribution in [2.24, 2.45) is 0 Å². The van der Waals surface area contributed by atoms with E-state index in [1.807, 2.05) is 0 Å². The minimum absolute atomic E-state index is 0.390. The van der Waals surface area contributed by atoms with Gasteiger partial charge in [-0.25, -0.2) is 0 Å². The minimum atomic E-state index is 0.390. The highest BCUT2D eigenvalue weighted by atomic mass is 32.1. The van der Waals surface area contributed by atoms with Crippen molar-refractivity contribution in [2.45, 2.75) is 38.4 Å². The van der Waals surface area contributed by atoms with E-state index in [-0.39, 0.29) is 0 Å². The molecule has 1 aromatic rings. The van der Waals surface area contributed by atoms with Gasteiger partial charge in [0, 0.05) is 0 Å². The van der Waals surface area contributed by atoms with Crippen molar-refractivity contribution in [1.82, 2.24) is 0 Å². The van der Waals surface area contributed by atoms with E-state index in [1.54, 1.807) is 11.3 Å². The summed E-state index contributed by atoms with van der Waals surface area (Å²) in [4.78, 5) is 0. The first-order valence-corrected chi connectivity index (χ1v) is 5.52. The number of hydrogen-bond acceptors (Lipinski definition) is 2. The molecule has 0 bridgehead atoms. The van der Waals surface area contributed by atoms with Crippen molar-refractivity contribution in [3.63, 3.8) is 0 Å². The van der Waals surface area contributed by atoms with Crippen LogP contribution < -0.4 is 0 Å². The molecule has 1 aliphatic rings. The van der Waals surface area contributed by atoms with Crippen molar-refractivity contribution in [3.05, 3.63) is 22.4 Å². The fraction of sp³-hybridized carbons (Fsp3) is 0.600. The van der Waals surface area contributed by atoms with Crippen LogP contribution in [-0.2, 0) is 4.74 Å². The normalized spacial score (nSPS) is 29.4. The van der Waals surface area contributed by atoms with Crippen LogP contribution in [0.15, 0.2) is 16.8 Å². The molecule has 66 valence electrons. The highest BCUT2D eigenvalue weighted by Gasteiger charge is 2.24. The van der Waals surface area contributed by atoms with Gasteiger partial charge in [-0.15, -0.1) is 0 Å². The zero-order valence-electron chi connectivity index (χ0n) is 7.32. The van der Waals surface area contributed by atoms with E-state index in [4.69, 9.17) is 4.74 Å². The Kier molecular flexibility index (Phi) is 2.47. The Hall–Kier alpha value is -0.340. The minimum Gasteiger partial charge on any atom is -0.370 e. The van der Waals surface area contributed by atoms with Gasteiger partial charge in [0.05, 0.1) is 12.2 Å². The van der Waals surface area contributed by atoms with Crippen LogP contribution in [0.4, 0.5) is 0 Å². The van der Waals surface area contributed by atoms with Gasteiger partial charge < -0.3 is 4.74 Å². The summed E-state index contributed by atoms with van der Waals surface area (Å²) in [6.45, 7) is 2.20. The lowest BCUT2D eigenvalue weighted by Gasteiger charge is -2.10. The number of rotatable bonds is 2. The molecule has 2 heteroatoms. The van der Waals surface area contributed by atoms with Gasteiger partial charge >= 0.3 is 0 Å². The molecule has 1 aromatic heterocycles. The smallest absolute Gasteiger partial charge is 0.0837 e. The maximum atomic E-state index is 5.86. The molecule has 1 fully saturated rings. The third-order valence-corrected chi connectivity index (χ3v) is 3.18. The van der Waals surface area contributed by atoms with Crippen LogP contribution >= 0.6 is 11.3 Å². The molecule has 2 rings (SSSR count). The average molecular weight is 182 g/mol. The summed E-state index contributed by atoms with van der Waals surface area (Å²) in [6.07, 6.45) is 4.49. The van der Waals surface area contributed by atoms with Gasteiger partial charge in [-0.05, 0) is 41.7 Å². The maximum absolute atomic E-state index is 5.86. The molecule has 0 radical (unpaired) electrons. The SMILES string of the molecule is CCC1CCC(c2ccsc2)O1. The zero-order valence-corrected chi connectivity index (χ0v) is 8.14. The third kappa shape index (κ3) is 1.54. The second-order valence-corrected chi connectivity index (χ2v) is 4.07. The molecule has 0 amide bonds. The topological polar surface area (TPSA) is 9.23 Å². The number of ether oxygens (including phenoxy) is 1. The van der Waals surface area contributed by atoms with Crippen LogP contribution in [0.1, 0.15) is 37.9 Å². The Labute approximate surface area is 77.4 Å². The van der Waals surface area contributed by atoms with Gasteiger partial charge in [0.2, 0.25) is 0 Å². The Balaban J connectivity index is 2.00. The molecule has 0 spiro atoms. The molecule has 12 heavy (non-hydrogen) atoms. The van der Waals surface area contributed by atoms with Gasteiger partial charge in [0.15, 0.2) is 0 Å². The first-order valence-electron chi connectivity index (χ1n) is 4.57. The fourth-order valence-electron chi connectivity index (χ4n) is 1.71. The second-order valence-electron chi connectivity index (χ2n) is 3.29. The third-order valence-electron chi connectivity index (χ3n) is 2.48. The molecule has 0 aromatic carbocycles. The van der Waals surface area contributed by atoms with Crippen molar-refractivity contribution in [3.8, 4) is 0 Å². The lowest BCUT2D eigenvalue weighted by molar-refractivity contribution is 0.0430. The van der Waals surface area contributed by atoms with E-state index >= 15 is 0 Å².